The molecule has 3 aromatic rings. The minimum Gasteiger partial charge on any atom is -0.334 e. The van der Waals surface area contributed by atoms with Crippen molar-refractivity contribution in [1.29, 1.82) is 0 Å². The maximum absolute atomic E-state index is 12.9. The highest BCUT2D eigenvalue weighted by molar-refractivity contribution is 7.98. The van der Waals surface area contributed by atoms with E-state index in [9.17, 15) is 4.39 Å². The van der Waals surface area contributed by atoms with Crippen LogP contribution >= 0.6 is 23.4 Å². The van der Waals surface area contributed by atoms with Gasteiger partial charge in [0.1, 0.15) is 5.82 Å². The van der Waals surface area contributed by atoms with Gasteiger partial charge in [-0.3, -0.25) is 0 Å². The molecule has 0 aliphatic heterocycles. The summed E-state index contributed by atoms with van der Waals surface area (Å²) in [6.45, 7) is 0. The number of nitrogens with zero attached hydrogens (tertiary/aromatic N) is 2. The van der Waals surface area contributed by atoms with Gasteiger partial charge in [-0.2, -0.15) is 4.98 Å². The van der Waals surface area contributed by atoms with E-state index in [1.807, 2.05) is 24.3 Å². The second kappa shape index (κ2) is 6.28. The lowest BCUT2D eigenvalue weighted by Crippen LogP contribution is -1.84. The molecule has 0 saturated heterocycles. The molecule has 0 spiro atoms. The summed E-state index contributed by atoms with van der Waals surface area (Å²) in [4.78, 5) is 5.37. The molecule has 0 N–H and O–H groups in total. The summed E-state index contributed by atoms with van der Waals surface area (Å²) >= 11 is 7.43. The Morgan fingerprint density at radius 2 is 1.76 bits per heavy atom. The normalized spacial score (nSPS) is 10.8. The van der Waals surface area contributed by atoms with Crippen molar-refractivity contribution in [3.05, 3.63) is 65.2 Å². The Morgan fingerprint density at radius 1 is 1.05 bits per heavy atom. The SMILES string of the molecule is Fc1ccc(-c2nc(CSc3ccc(Cl)cc3)no2)cc1. The molecule has 6 heteroatoms. The summed E-state index contributed by atoms with van der Waals surface area (Å²) < 4.78 is 18.0. The summed E-state index contributed by atoms with van der Waals surface area (Å²) in [5, 5.41) is 4.63. The van der Waals surface area contributed by atoms with E-state index in [0.717, 1.165) is 4.90 Å². The predicted octanol–water partition coefficient (Wildman–Crippen LogP) is 4.82. The van der Waals surface area contributed by atoms with E-state index < -0.39 is 0 Å². The fourth-order valence-corrected chi connectivity index (χ4v) is 2.57. The number of halogens is 2. The Labute approximate surface area is 130 Å². The second-order valence-electron chi connectivity index (χ2n) is 4.27. The van der Waals surface area contributed by atoms with Gasteiger partial charge in [0.25, 0.3) is 5.89 Å². The summed E-state index contributed by atoms with van der Waals surface area (Å²) in [6.07, 6.45) is 0. The molecule has 0 atom stereocenters. The van der Waals surface area contributed by atoms with Crippen molar-refractivity contribution in [2.24, 2.45) is 0 Å². The van der Waals surface area contributed by atoms with Crippen LogP contribution in [0.15, 0.2) is 57.9 Å². The first-order valence-corrected chi connectivity index (χ1v) is 7.54. The van der Waals surface area contributed by atoms with Gasteiger partial charge in [-0.15, -0.1) is 11.8 Å². The predicted molar refractivity (Wildman–Crippen MR) is 80.7 cm³/mol. The molecular formula is C15H10ClFN2OS. The molecule has 2 aromatic carbocycles. The van der Waals surface area contributed by atoms with Crippen molar-refractivity contribution in [3.8, 4) is 11.5 Å². The lowest BCUT2D eigenvalue weighted by molar-refractivity contribution is 0.425. The zero-order valence-electron chi connectivity index (χ0n) is 10.8. The van der Waals surface area contributed by atoms with E-state index in [2.05, 4.69) is 10.1 Å². The quantitative estimate of drug-likeness (QED) is 0.646. The highest BCUT2D eigenvalue weighted by atomic mass is 35.5. The third-order valence-corrected chi connectivity index (χ3v) is 4.00. The number of rotatable bonds is 4. The highest BCUT2D eigenvalue weighted by Gasteiger charge is 2.09. The molecule has 0 aliphatic rings. The van der Waals surface area contributed by atoms with Crippen LogP contribution in [0.25, 0.3) is 11.5 Å². The van der Waals surface area contributed by atoms with Crippen LogP contribution < -0.4 is 0 Å². The smallest absolute Gasteiger partial charge is 0.257 e. The summed E-state index contributed by atoms with van der Waals surface area (Å²) in [5.41, 5.74) is 0.701. The van der Waals surface area contributed by atoms with Crippen molar-refractivity contribution in [3.63, 3.8) is 0 Å². The Bertz CT molecular complexity index is 728. The van der Waals surface area contributed by atoms with E-state index in [1.165, 1.54) is 12.1 Å². The van der Waals surface area contributed by atoms with Crippen molar-refractivity contribution in [2.45, 2.75) is 10.6 Å². The van der Waals surface area contributed by atoms with Gasteiger partial charge in [-0.1, -0.05) is 16.8 Å². The molecule has 21 heavy (non-hydrogen) atoms. The fraction of sp³-hybridized carbons (Fsp3) is 0.0667. The number of aromatic nitrogens is 2. The van der Waals surface area contributed by atoms with Gasteiger partial charge in [0.15, 0.2) is 5.82 Å². The molecule has 0 radical (unpaired) electrons. The van der Waals surface area contributed by atoms with Gasteiger partial charge < -0.3 is 4.52 Å². The molecule has 1 heterocycles. The Kier molecular flexibility index (Phi) is 4.22. The molecule has 3 rings (SSSR count). The molecule has 0 amide bonds. The molecule has 0 fully saturated rings. The van der Waals surface area contributed by atoms with E-state index in [0.29, 0.717) is 28.1 Å². The Balaban J connectivity index is 1.67. The molecule has 1 aromatic heterocycles. The number of hydrogen-bond acceptors (Lipinski definition) is 4. The first-order valence-electron chi connectivity index (χ1n) is 6.17. The third kappa shape index (κ3) is 3.62. The van der Waals surface area contributed by atoms with Crippen molar-refractivity contribution < 1.29 is 8.91 Å². The van der Waals surface area contributed by atoms with Gasteiger partial charge >= 0.3 is 0 Å². The van der Waals surface area contributed by atoms with Crippen molar-refractivity contribution in [2.75, 3.05) is 0 Å². The summed E-state index contributed by atoms with van der Waals surface area (Å²) in [7, 11) is 0. The zero-order valence-corrected chi connectivity index (χ0v) is 12.4. The number of hydrogen-bond donors (Lipinski definition) is 0. The van der Waals surface area contributed by atoms with E-state index in [1.54, 1.807) is 23.9 Å². The lowest BCUT2D eigenvalue weighted by Gasteiger charge is -1.97. The molecule has 106 valence electrons. The van der Waals surface area contributed by atoms with E-state index >= 15 is 0 Å². The number of thioether (sulfide) groups is 1. The highest BCUT2D eigenvalue weighted by Crippen LogP contribution is 2.24. The molecular weight excluding hydrogens is 311 g/mol. The molecule has 3 nitrogen and oxygen atoms in total. The molecule has 0 saturated carbocycles. The standard InChI is InChI=1S/C15H10ClFN2OS/c16-11-3-7-13(8-4-11)21-9-14-18-15(20-19-14)10-1-5-12(17)6-2-10/h1-8H,9H2. The molecule has 0 unspecified atom stereocenters. The van der Waals surface area contributed by atoms with Crippen LogP contribution in [0, 0.1) is 5.82 Å². The minimum atomic E-state index is -0.295. The largest absolute Gasteiger partial charge is 0.334 e. The third-order valence-electron chi connectivity index (χ3n) is 2.74. The fourth-order valence-electron chi connectivity index (χ4n) is 1.70. The zero-order chi connectivity index (χ0) is 14.7. The lowest BCUT2D eigenvalue weighted by atomic mass is 10.2. The number of benzene rings is 2. The van der Waals surface area contributed by atoms with Gasteiger partial charge in [-0.05, 0) is 48.5 Å². The van der Waals surface area contributed by atoms with Crippen LogP contribution in [0.5, 0.6) is 0 Å². The molecule has 0 aliphatic carbocycles. The summed E-state index contributed by atoms with van der Waals surface area (Å²) in [6, 6.07) is 13.5. The van der Waals surface area contributed by atoms with Gasteiger partial charge in [0.2, 0.25) is 0 Å². The Hall–Kier alpha value is -1.85. The average Bonchev–Trinajstić information content (AvgIpc) is 2.96. The van der Waals surface area contributed by atoms with E-state index in [-0.39, 0.29) is 5.82 Å². The Morgan fingerprint density at radius 3 is 2.48 bits per heavy atom. The topological polar surface area (TPSA) is 38.9 Å². The van der Waals surface area contributed by atoms with Gasteiger partial charge in [0, 0.05) is 15.5 Å². The second-order valence-corrected chi connectivity index (χ2v) is 5.75. The van der Waals surface area contributed by atoms with Crippen LogP contribution in [0.1, 0.15) is 5.82 Å². The minimum absolute atomic E-state index is 0.295. The average molecular weight is 321 g/mol. The van der Waals surface area contributed by atoms with Crippen molar-refractivity contribution in [1.82, 2.24) is 10.1 Å². The van der Waals surface area contributed by atoms with Crippen molar-refractivity contribution >= 4 is 23.4 Å². The van der Waals surface area contributed by atoms with Crippen LogP contribution in [0.3, 0.4) is 0 Å². The van der Waals surface area contributed by atoms with Crippen LogP contribution in [-0.4, -0.2) is 10.1 Å². The first kappa shape index (κ1) is 14.1. The van der Waals surface area contributed by atoms with Gasteiger partial charge in [-0.25, -0.2) is 4.39 Å². The monoisotopic (exact) mass is 320 g/mol. The maximum Gasteiger partial charge on any atom is 0.257 e. The van der Waals surface area contributed by atoms with Crippen LogP contribution in [-0.2, 0) is 5.75 Å². The maximum atomic E-state index is 12.9. The van der Waals surface area contributed by atoms with Crippen LogP contribution in [0.2, 0.25) is 5.02 Å². The summed E-state index contributed by atoms with van der Waals surface area (Å²) in [5.74, 6) is 1.28. The first-order chi connectivity index (χ1) is 10.2. The van der Waals surface area contributed by atoms with Crippen LogP contribution in [0.4, 0.5) is 4.39 Å². The molecule has 0 bridgehead atoms. The van der Waals surface area contributed by atoms with E-state index in [4.69, 9.17) is 16.1 Å². The van der Waals surface area contributed by atoms with Gasteiger partial charge in [0.05, 0.1) is 5.75 Å².